The molecule has 17 nitrogen and oxygen atoms in total. The summed E-state index contributed by atoms with van der Waals surface area (Å²) < 4.78 is 69.0. The number of aliphatic hydroxyl groups is 1. The Balaban J connectivity index is 5.20. The van der Waals surface area contributed by atoms with Crippen molar-refractivity contribution in [2.24, 2.45) is 11.8 Å². The Bertz CT molecular complexity index is 2080. The molecule has 0 bridgehead atoms. The second kappa shape index (κ2) is 81.2. The molecule has 0 amide bonds. The van der Waals surface area contributed by atoms with Gasteiger partial charge in [0.2, 0.25) is 0 Å². The smallest absolute Gasteiger partial charge is 0.462 e. The maximum absolute atomic E-state index is 13.2. The third kappa shape index (κ3) is 82.4. The van der Waals surface area contributed by atoms with Gasteiger partial charge < -0.3 is 33.8 Å². The molecule has 109 heavy (non-hydrogen) atoms. The van der Waals surface area contributed by atoms with Gasteiger partial charge in [0, 0.05) is 25.7 Å². The average Bonchev–Trinajstić information content (AvgIpc) is 0.904. The number of rotatable bonds is 89. The van der Waals surface area contributed by atoms with Crippen LogP contribution in [0.25, 0.3) is 0 Å². The molecule has 0 saturated heterocycles. The summed E-state index contributed by atoms with van der Waals surface area (Å²) in [6.07, 6.45) is 75.1. The Morgan fingerprint density at radius 3 is 0.697 bits per heavy atom. The lowest BCUT2D eigenvalue weighted by Crippen LogP contribution is -2.30. The Kier molecular flexibility index (Phi) is 79.8. The van der Waals surface area contributed by atoms with Gasteiger partial charge in [-0.2, -0.15) is 0 Å². The predicted molar refractivity (Wildman–Crippen MR) is 451 cm³/mol. The topological polar surface area (TPSA) is 237 Å². The van der Waals surface area contributed by atoms with Gasteiger partial charge in [-0.15, -0.1) is 0 Å². The van der Waals surface area contributed by atoms with Gasteiger partial charge in [-0.1, -0.05) is 433 Å². The first-order valence-corrected chi connectivity index (χ1v) is 49.5. The molecule has 0 heterocycles. The lowest BCUT2D eigenvalue weighted by molar-refractivity contribution is -0.161. The number of phosphoric ester groups is 2. The van der Waals surface area contributed by atoms with E-state index in [2.05, 4.69) is 41.5 Å². The zero-order valence-electron chi connectivity index (χ0n) is 71.9. The fraction of sp³-hybridized carbons (Fsp3) is 0.956. The van der Waals surface area contributed by atoms with Crippen LogP contribution in [0.15, 0.2) is 0 Å². The number of esters is 4. The van der Waals surface area contributed by atoms with E-state index in [1.807, 2.05) is 0 Å². The minimum atomic E-state index is -4.97. The molecule has 3 N–H and O–H groups in total. The predicted octanol–water partition coefficient (Wildman–Crippen LogP) is 27.8. The lowest BCUT2D eigenvalue weighted by atomic mass is 9.99. The summed E-state index contributed by atoms with van der Waals surface area (Å²) in [7, 11) is -9.93. The first-order valence-electron chi connectivity index (χ1n) is 46.5. The molecule has 0 aromatic heterocycles. The zero-order chi connectivity index (χ0) is 79.9. The number of carbonyl (C=O) groups is 4. The van der Waals surface area contributed by atoms with Gasteiger partial charge in [-0.05, 0) is 37.5 Å². The maximum Gasteiger partial charge on any atom is 0.472 e. The Morgan fingerprint density at radius 1 is 0.266 bits per heavy atom. The number of unbranched alkanes of at least 4 members (excludes halogenated alkanes) is 58. The first-order chi connectivity index (χ1) is 52.9. The van der Waals surface area contributed by atoms with E-state index >= 15 is 0 Å². The van der Waals surface area contributed by atoms with Gasteiger partial charge in [-0.25, -0.2) is 9.13 Å². The van der Waals surface area contributed by atoms with Crippen molar-refractivity contribution in [2.45, 2.75) is 503 Å². The molecular weight excluding hydrogens is 1410 g/mol. The minimum Gasteiger partial charge on any atom is -0.462 e. The highest BCUT2D eigenvalue weighted by Gasteiger charge is 2.31. The fourth-order valence-corrected chi connectivity index (χ4v) is 15.7. The third-order valence-corrected chi connectivity index (χ3v) is 23.5. The van der Waals surface area contributed by atoms with E-state index in [0.29, 0.717) is 25.7 Å². The van der Waals surface area contributed by atoms with Crippen LogP contribution in [0.5, 0.6) is 0 Å². The molecule has 648 valence electrons. The van der Waals surface area contributed by atoms with Gasteiger partial charge in [-0.3, -0.25) is 37.3 Å². The SMILES string of the molecule is CCCCCCCCCCCCCCCCCCCCCCC(=O)OC[C@H](COP(=O)(O)OC[C@@H](O)COP(=O)(O)OC[C@@H](COC(=O)CCCCCCCCCCC)OC(=O)CCCCCCCCCCCCCCCCCC(C)C)OC(=O)CCCCCCCCCCCCCCCCCCCCC(C)CC. The van der Waals surface area contributed by atoms with Gasteiger partial charge in [0.05, 0.1) is 26.4 Å². The van der Waals surface area contributed by atoms with Crippen LogP contribution < -0.4 is 0 Å². The normalized spacial score (nSPS) is 14.0. The monoisotopic (exact) mass is 1590 g/mol. The van der Waals surface area contributed by atoms with Crippen LogP contribution in [-0.2, 0) is 65.4 Å². The molecule has 0 aliphatic rings. The van der Waals surface area contributed by atoms with E-state index in [-0.39, 0.29) is 25.7 Å². The van der Waals surface area contributed by atoms with Crippen LogP contribution >= 0.6 is 15.6 Å². The number of phosphoric acid groups is 2. The Morgan fingerprint density at radius 2 is 0.468 bits per heavy atom. The molecular formula is C90H176O17P2. The highest BCUT2D eigenvalue weighted by atomic mass is 31.2. The summed E-state index contributed by atoms with van der Waals surface area (Å²) >= 11 is 0. The van der Waals surface area contributed by atoms with E-state index in [0.717, 1.165) is 102 Å². The molecule has 0 aromatic carbocycles. The molecule has 0 fully saturated rings. The standard InChI is InChI=1S/C90H176O17P2/c1-7-10-12-14-16-18-19-20-21-22-23-24-28-33-38-43-49-55-61-67-73-88(93)101-79-86(107-90(95)74-68-62-56-50-44-39-34-29-26-25-27-32-37-42-48-53-59-65-71-83(6)9-3)81-105-109(98,99)103-77-84(91)76-102-108(96,97)104-80-85(78-100-87(92)72-66-60-54-46-17-15-13-11-8-2)106-89(94)75-69-63-57-51-45-40-35-30-31-36-41-47-52-58-64-70-82(4)5/h82-86,91H,7-81H2,1-6H3,(H,96,97)(H,98,99)/t83?,84-,85+,86+/m0/s1. The second-order valence-corrected chi connectivity index (χ2v) is 36.0. The molecule has 0 radical (unpaired) electrons. The first kappa shape index (κ1) is 107. The van der Waals surface area contributed by atoms with Crippen molar-refractivity contribution >= 4 is 39.5 Å². The molecule has 3 unspecified atom stereocenters. The van der Waals surface area contributed by atoms with Crippen LogP contribution in [0.2, 0.25) is 0 Å². The molecule has 6 atom stereocenters. The van der Waals surface area contributed by atoms with Gasteiger partial charge in [0.1, 0.15) is 19.3 Å². The summed E-state index contributed by atoms with van der Waals surface area (Å²) in [5, 5.41) is 10.7. The van der Waals surface area contributed by atoms with Crippen LogP contribution in [0.4, 0.5) is 0 Å². The van der Waals surface area contributed by atoms with Gasteiger partial charge in [0.25, 0.3) is 0 Å². The van der Waals surface area contributed by atoms with Gasteiger partial charge in [0.15, 0.2) is 12.2 Å². The van der Waals surface area contributed by atoms with E-state index < -0.39 is 97.5 Å². The van der Waals surface area contributed by atoms with E-state index in [1.54, 1.807) is 0 Å². The van der Waals surface area contributed by atoms with Crippen LogP contribution in [0.3, 0.4) is 0 Å². The number of aliphatic hydroxyl groups excluding tert-OH is 1. The van der Waals surface area contributed by atoms with Crippen LogP contribution in [0.1, 0.15) is 485 Å². The number of ether oxygens (including phenoxy) is 4. The van der Waals surface area contributed by atoms with E-state index in [9.17, 15) is 43.2 Å². The zero-order valence-corrected chi connectivity index (χ0v) is 73.7. The van der Waals surface area contributed by atoms with Gasteiger partial charge >= 0.3 is 39.5 Å². The molecule has 0 rings (SSSR count). The second-order valence-electron chi connectivity index (χ2n) is 33.1. The third-order valence-electron chi connectivity index (χ3n) is 21.6. The van der Waals surface area contributed by atoms with Crippen molar-refractivity contribution < 1.29 is 80.2 Å². The maximum atomic E-state index is 13.2. The molecule has 0 spiro atoms. The van der Waals surface area contributed by atoms with Crippen molar-refractivity contribution in [2.75, 3.05) is 39.6 Å². The molecule has 0 aliphatic heterocycles. The average molecular weight is 1590 g/mol. The Labute approximate surface area is 670 Å². The van der Waals surface area contributed by atoms with Crippen LogP contribution in [-0.4, -0.2) is 96.7 Å². The minimum absolute atomic E-state index is 0.108. The van der Waals surface area contributed by atoms with E-state index in [4.69, 9.17) is 37.0 Å². The van der Waals surface area contributed by atoms with Crippen molar-refractivity contribution in [1.29, 1.82) is 0 Å². The number of hydrogen-bond acceptors (Lipinski definition) is 15. The fourth-order valence-electron chi connectivity index (χ4n) is 14.1. The van der Waals surface area contributed by atoms with Crippen molar-refractivity contribution in [1.82, 2.24) is 0 Å². The van der Waals surface area contributed by atoms with Crippen molar-refractivity contribution in [3.05, 3.63) is 0 Å². The number of carbonyl (C=O) groups excluding carboxylic acids is 4. The number of hydrogen-bond donors (Lipinski definition) is 3. The molecule has 0 aromatic rings. The van der Waals surface area contributed by atoms with Crippen molar-refractivity contribution in [3.8, 4) is 0 Å². The Hall–Kier alpha value is -1.94. The highest BCUT2D eigenvalue weighted by Crippen LogP contribution is 2.45. The largest absolute Gasteiger partial charge is 0.472 e. The summed E-state index contributed by atoms with van der Waals surface area (Å²) in [5.74, 6) is -0.425. The molecule has 19 heteroatoms. The summed E-state index contributed by atoms with van der Waals surface area (Å²) in [5.41, 5.74) is 0. The van der Waals surface area contributed by atoms with E-state index in [1.165, 1.54) is 302 Å². The summed E-state index contributed by atoms with van der Waals surface area (Å²) in [6.45, 7) is 9.77. The highest BCUT2D eigenvalue weighted by molar-refractivity contribution is 7.47. The lowest BCUT2D eigenvalue weighted by Gasteiger charge is -2.21. The molecule has 0 saturated carbocycles. The summed E-state index contributed by atoms with van der Waals surface area (Å²) in [6, 6.07) is 0. The quantitative estimate of drug-likeness (QED) is 0.0222. The summed E-state index contributed by atoms with van der Waals surface area (Å²) in [4.78, 5) is 73.3. The molecule has 0 aliphatic carbocycles. The van der Waals surface area contributed by atoms with Crippen molar-refractivity contribution in [3.63, 3.8) is 0 Å². The van der Waals surface area contributed by atoms with Crippen LogP contribution in [0, 0.1) is 11.8 Å².